The Hall–Kier alpha value is -3.69. The molecule has 9 nitrogen and oxygen atoms in total. The number of carbonyl (C=O) groups is 3. The maximum absolute atomic E-state index is 14.4. The predicted molar refractivity (Wildman–Crippen MR) is 147 cm³/mol. The minimum atomic E-state index is -5.08. The molecule has 1 amide bonds. The lowest BCUT2D eigenvalue weighted by molar-refractivity contribution is -0.192. The highest BCUT2D eigenvalue weighted by molar-refractivity contribution is 5.94. The number of piperidine rings is 1. The molecule has 1 aliphatic heterocycles. The summed E-state index contributed by atoms with van der Waals surface area (Å²) in [6.07, 6.45) is -5.21. The van der Waals surface area contributed by atoms with Crippen LogP contribution in [0, 0.1) is 0 Å². The van der Waals surface area contributed by atoms with E-state index < -0.39 is 47.5 Å². The van der Waals surface area contributed by atoms with Crippen molar-refractivity contribution in [2.24, 2.45) is 0 Å². The lowest BCUT2D eigenvalue weighted by Crippen LogP contribution is -2.46. The largest absolute Gasteiger partial charge is 0.490 e. The van der Waals surface area contributed by atoms with Crippen molar-refractivity contribution >= 4 is 17.8 Å². The van der Waals surface area contributed by atoms with Crippen LogP contribution in [-0.2, 0) is 15.8 Å². The molecular weight excluding hydrogens is 617 g/mol. The Morgan fingerprint density at radius 3 is 2.24 bits per heavy atom. The van der Waals surface area contributed by atoms with Gasteiger partial charge in [-0.2, -0.15) is 31.4 Å². The van der Waals surface area contributed by atoms with Crippen LogP contribution in [0.15, 0.2) is 30.3 Å². The number of carbonyl (C=O) groups excluding carboxylic acids is 1. The van der Waals surface area contributed by atoms with Crippen LogP contribution in [-0.4, -0.2) is 80.3 Å². The molecule has 2 heterocycles. The maximum Gasteiger partial charge on any atom is 0.490 e. The summed E-state index contributed by atoms with van der Waals surface area (Å²) in [6, 6.07) is 5.70. The zero-order valence-corrected chi connectivity index (χ0v) is 24.4. The third kappa shape index (κ3) is 10.4. The topological polar surface area (TPSA) is 125 Å². The number of carboxylic acids is 2. The summed E-state index contributed by atoms with van der Waals surface area (Å²) in [6.45, 7) is 2.90. The molecule has 2 atom stereocenters. The summed E-state index contributed by atoms with van der Waals surface area (Å²) >= 11 is 0. The zero-order valence-electron chi connectivity index (χ0n) is 24.4. The first kappa shape index (κ1) is 35.8. The number of rotatable bonds is 9. The number of benzene rings is 1. The van der Waals surface area contributed by atoms with E-state index in [2.05, 4.69) is 10.4 Å². The van der Waals surface area contributed by atoms with Gasteiger partial charge in [-0.15, -0.1) is 0 Å². The van der Waals surface area contributed by atoms with E-state index >= 15 is 0 Å². The van der Waals surface area contributed by atoms with Crippen molar-refractivity contribution in [2.75, 3.05) is 19.6 Å². The smallest absolute Gasteiger partial charge is 0.481 e. The second-order valence-corrected chi connectivity index (χ2v) is 11.5. The molecule has 2 aliphatic rings. The SMILES string of the molecule is CC1(F)CCCN(CC[C@@H](CC(=O)O)NC(=O)c2cc(-c3ccccc3C(F)(F)F)n(C3CCCC3)n2)C1.O=C(O)C(F)(F)F. The molecule has 4 rings (SSSR count). The monoisotopic (exact) mass is 652 g/mol. The van der Waals surface area contributed by atoms with Gasteiger partial charge >= 0.3 is 24.3 Å². The van der Waals surface area contributed by atoms with Crippen LogP contribution in [0.5, 0.6) is 0 Å². The third-order valence-corrected chi connectivity index (χ3v) is 7.67. The number of hydrogen-bond donors (Lipinski definition) is 3. The first-order valence-corrected chi connectivity index (χ1v) is 14.4. The molecule has 1 aromatic carbocycles. The molecule has 0 radical (unpaired) electrons. The summed E-state index contributed by atoms with van der Waals surface area (Å²) in [5.41, 5.74) is -2.02. The van der Waals surface area contributed by atoms with Crippen molar-refractivity contribution < 1.29 is 55.3 Å². The van der Waals surface area contributed by atoms with Crippen molar-refractivity contribution in [2.45, 2.75) is 88.4 Å². The number of hydrogen-bond acceptors (Lipinski definition) is 5. The third-order valence-electron chi connectivity index (χ3n) is 7.67. The first-order valence-electron chi connectivity index (χ1n) is 14.4. The van der Waals surface area contributed by atoms with Crippen LogP contribution in [0.1, 0.15) is 80.4 Å². The molecule has 1 aliphatic carbocycles. The Morgan fingerprint density at radius 2 is 1.69 bits per heavy atom. The van der Waals surface area contributed by atoms with Crippen LogP contribution in [0.2, 0.25) is 0 Å². The van der Waals surface area contributed by atoms with Gasteiger partial charge in [0, 0.05) is 24.7 Å². The van der Waals surface area contributed by atoms with Crippen molar-refractivity contribution in [3.63, 3.8) is 0 Å². The van der Waals surface area contributed by atoms with E-state index in [1.54, 1.807) is 6.92 Å². The van der Waals surface area contributed by atoms with Gasteiger partial charge in [-0.1, -0.05) is 31.0 Å². The molecule has 2 fully saturated rings. The summed E-state index contributed by atoms with van der Waals surface area (Å²) in [7, 11) is 0. The minimum absolute atomic E-state index is 0.0556. The van der Waals surface area contributed by atoms with Crippen molar-refractivity contribution in [1.82, 2.24) is 20.0 Å². The Morgan fingerprint density at radius 1 is 1.07 bits per heavy atom. The number of nitrogens with one attached hydrogen (secondary N) is 1. The molecular formula is C29H35F7N4O5. The van der Waals surface area contributed by atoms with E-state index in [0.29, 0.717) is 32.4 Å². The van der Waals surface area contributed by atoms with Crippen molar-refractivity contribution in [1.29, 1.82) is 0 Å². The fourth-order valence-electron chi connectivity index (χ4n) is 5.61. The Bertz CT molecular complexity index is 1340. The number of aliphatic carboxylic acids is 2. The lowest BCUT2D eigenvalue weighted by atomic mass is 9.96. The molecule has 3 N–H and O–H groups in total. The fourth-order valence-corrected chi connectivity index (χ4v) is 5.61. The average Bonchev–Trinajstić information content (AvgIpc) is 3.61. The van der Waals surface area contributed by atoms with Crippen LogP contribution >= 0.6 is 0 Å². The quantitative estimate of drug-likeness (QED) is 0.280. The molecule has 1 saturated carbocycles. The van der Waals surface area contributed by atoms with Gasteiger partial charge in [0.25, 0.3) is 5.91 Å². The number of halogens is 7. The molecule has 0 spiro atoms. The summed E-state index contributed by atoms with van der Waals surface area (Å²) in [4.78, 5) is 35.5. The van der Waals surface area contributed by atoms with Crippen LogP contribution in [0.4, 0.5) is 30.7 Å². The standard InChI is InChI=1S/C27H34F4N4O3.C2HF3O2/c1-26(28)12-6-13-34(17-26)14-11-18(15-24(36)37)32-25(38)22-16-23(35(33-22)19-7-2-3-8-19)20-9-4-5-10-21(20)27(29,30)31;3-2(4,5)1(6)7/h4-5,9-10,16,18-19H,2-3,6-8,11-15,17H2,1H3,(H,32,38)(H,36,37);(H,6,7)/t18-,26?;/m0./s1. The highest BCUT2D eigenvalue weighted by Crippen LogP contribution is 2.40. The van der Waals surface area contributed by atoms with E-state index in [9.17, 15) is 45.4 Å². The number of likely N-dealkylation sites (tertiary alicyclic amines) is 1. The Balaban J connectivity index is 0.000000707. The molecule has 250 valence electrons. The van der Waals surface area contributed by atoms with Gasteiger partial charge < -0.3 is 20.4 Å². The van der Waals surface area contributed by atoms with E-state index in [1.165, 1.54) is 28.9 Å². The average molecular weight is 653 g/mol. The molecule has 45 heavy (non-hydrogen) atoms. The second kappa shape index (κ2) is 14.6. The van der Waals surface area contributed by atoms with Gasteiger partial charge in [0.15, 0.2) is 5.69 Å². The van der Waals surface area contributed by atoms with E-state index in [4.69, 9.17) is 9.90 Å². The molecule has 1 unspecified atom stereocenters. The minimum Gasteiger partial charge on any atom is -0.481 e. The second-order valence-electron chi connectivity index (χ2n) is 11.5. The molecule has 0 bridgehead atoms. The molecule has 16 heteroatoms. The molecule has 1 saturated heterocycles. The van der Waals surface area contributed by atoms with Gasteiger partial charge in [0.05, 0.1) is 23.7 Å². The number of amides is 1. The van der Waals surface area contributed by atoms with Crippen LogP contribution < -0.4 is 5.32 Å². The normalized spacial score (nSPS) is 20.3. The first-order chi connectivity index (χ1) is 20.9. The summed E-state index contributed by atoms with van der Waals surface area (Å²) in [5.74, 6) is -4.50. The predicted octanol–water partition coefficient (Wildman–Crippen LogP) is 6.10. The van der Waals surface area contributed by atoms with E-state index in [-0.39, 0.29) is 36.0 Å². The van der Waals surface area contributed by atoms with Gasteiger partial charge in [-0.05, 0) is 57.7 Å². The van der Waals surface area contributed by atoms with Gasteiger partial charge in [0.2, 0.25) is 0 Å². The number of nitrogens with zero attached hydrogens (tertiary/aromatic N) is 3. The van der Waals surface area contributed by atoms with Gasteiger partial charge in [0.1, 0.15) is 5.67 Å². The molecule has 2 aromatic rings. The highest BCUT2D eigenvalue weighted by Gasteiger charge is 2.38. The van der Waals surface area contributed by atoms with Gasteiger partial charge in [-0.25, -0.2) is 9.18 Å². The van der Waals surface area contributed by atoms with Gasteiger partial charge in [-0.3, -0.25) is 14.3 Å². The van der Waals surface area contributed by atoms with Crippen molar-refractivity contribution in [3.05, 3.63) is 41.6 Å². The lowest BCUT2D eigenvalue weighted by Gasteiger charge is -2.35. The number of aromatic nitrogens is 2. The molecule has 1 aromatic heterocycles. The number of alkyl halides is 7. The van der Waals surface area contributed by atoms with E-state index in [1.807, 2.05) is 4.90 Å². The van der Waals surface area contributed by atoms with Crippen molar-refractivity contribution in [3.8, 4) is 11.3 Å². The summed E-state index contributed by atoms with van der Waals surface area (Å²) < 4.78 is 89.1. The number of carboxylic acid groups (broad SMARTS) is 2. The Labute approximate surface area is 254 Å². The summed E-state index contributed by atoms with van der Waals surface area (Å²) in [5, 5.41) is 23.6. The van der Waals surface area contributed by atoms with Crippen LogP contribution in [0.25, 0.3) is 11.3 Å². The van der Waals surface area contributed by atoms with Crippen LogP contribution in [0.3, 0.4) is 0 Å². The Kier molecular flexibility index (Phi) is 11.6. The zero-order chi connectivity index (χ0) is 33.6. The maximum atomic E-state index is 14.4. The fraction of sp³-hybridized carbons (Fsp3) is 0.586. The van der Waals surface area contributed by atoms with E-state index in [0.717, 1.165) is 31.7 Å². The highest BCUT2D eigenvalue weighted by atomic mass is 19.4.